The second-order valence-electron chi connectivity index (χ2n) is 4.85. The first-order valence-electron chi connectivity index (χ1n) is 6.31. The number of ether oxygens (including phenoxy) is 1. The Labute approximate surface area is 131 Å². The van der Waals surface area contributed by atoms with Gasteiger partial charge in [-0.15, -0.1) is 12.4 Å². The normalized spacial score (nSPS) is 11.1. The molecule has 0 unspecified atom stereocenters. The van der Waals surface area contributed by atoms with E-state index in [-0.39, 0.29) is 30.8 Å². The van der Waals surface area contributed by atoms with Gasteiger partial charge in [0.25, 0.3) is 5.91 Å². The predicted molar refractivity (Wildman–Crippen MR) is 84.9 cm³/mol. The number of halogens is 1. The van der Waals surface area contributed by atoms with Crippen LogP contribution < -0.4 is 15.8 Å². The molecule has 0 bridgehead atoms. The number of rotatable bonds is 5. The number of carbonyl (C=O) groups excluding carboxylic acids is 2. The fraction of sp³-hybridized carbons (Fsp3) is 0.429. The minimum atomic E-state index is -0.618. The SMILES string of the molecule is Cc1ccc(NC(=O)[C@H](C)N)c(OCC(=O)N(C)C)c1.Cl. The number of hydrogen-bond acceptors (Lipinski definition) is 4. The van der Waals surface area contributed by atoms with E-state index in [4.69, 9.17) is 10.5 Å². The van der Waals surface area contributed by atoms with Crippen LogP contribution >= 0.6 is 12.4 Å². The van der Waals surface area contributed by atoms with E-state index >= 15 is 0 Å². The van der Waals surface area contributed by atoms with Crippen molar-refractivity contribution >= 4 is 29.9 Å². The molecule has 0 aromatic heterocycles. The number of anilines is 1. The second kappa shape index (κ2) is 8.49. The Hall–Kier alpha value is -1.79. The average Bonchev–Trinajstić information content (AvgIpc) is 2.38. The van der Waals surface area contributed by atoms with Crippen LogP contribution in [0.4, 0.5) is 5.69 Å². The van der Waals surface area contributed by atoms with E-state index in [1.54, 1.807) is 33.2 Å². The Morgan fingerprint density at radius 2 is 2.00 bits per heavy atom. The van der Waals surface area contributed by atoms with Crippen molar-refractivity contribution in [1.82, 2.24) is 4.90 Å². The lowest BCUT2D eigenvalue weighted by atomic mass is 10.2. The molecule has 1 aromatic rings. The molecule has 7 heteroatoms. The van der Waals surface area contributed by atoms with Gasteiger partial charge in [0.05, 0.1) is 11.7 Å². The third-order valence-electron chi connectivity index (χ3n) is 2.66. The second-order valence-corrected chi connectivity index (χ2v) is 4.85. The number of nitrogens with two attached hydrogens (primary N) is 1. The largest absolute Gasteiger partial charge is 0.482 e. The maximum Gasteiger partial charge on any atom is 0.259 e. The number of aryl methyl sites for hydroxylation is 1. The first-order chi connectivity index (χ1) is 9.31. The van der Waals surface area contributed by atoms with Crippen molar-refractivity contribution in [3.8, 4) is 5.75 Å². The zero-order valence-electron chi connectivity index (χ0n) is 12.7. The van der Waals surface area contributed by atoms with Gasteiger partial charge in [0.2, 0.25) is 5.91 Å². The summed E-state index contributed by atoms with van der Waals surface area (Å²) < 4.78 is 5.47. The van der Waals surface area contributed by atoms with E-state index in [1.165, 1.54) is 4.90 Å². The lowest BCUT2D eigenvalue weighted by Crippen LogP contribution is -2.32. The number of hydrogen-bond donors (Lipinski definition) is 2. The number of benzene rings is 1. The quantitative estimate of drug-likeness (QED) is 0.854. The van der Waals surface area contributed by atoms with E-state index in [0.717, 1.165) is 5.56 Å². The number of carbonyl (C=O) groups is 2. The van der Waals surface area contributed by atoms with Gasteiger partial charge in [-0.2, -0.15) is 0 Å². The van der Waals surface area contributed by atoms with E-state index < -0.39 is 6.04 Å². The van der Waals surface area contributed by atoms with Gasteiger partial charge in [0.1, 0.15) is 5.75 Å². The van der Waals surface area contributed by atoms with Gasteiger partial charge < -0.3 is 20.7 Å². The summed E-state index contributed by atoms with van der Waals surface area (Å²) in [6.07, 6.45) is 0. The molecule has 1 rings (SSSR count). The van der Waals surface area contributed by atoms with Gasteiger partial charge >= 0.3 is 0 Å². The highest BCUT2D eigenvalue weighted by atomic mass is 35.5. The van der Waals surface area contributed by atoms with E-state index in [2.05, 4.69) is 5.32 Å². The maximum atomic E-state index is 11.6. The van der Waals surface area contributed by atoms with Crippen molar-refractivity contribution in [2.75, 3.05) is 26.0 Å². The molecular weight excluding hydrogens is 294 g/mol. The molecule has 0 heterocycles. The van der Waals surface area contributed by atoms with Crippen LogP contribution in [-0.4, -0.2) is 43.5 Å². The standard InChI is InChI=1S/C14H21N3O3.ClH/c1-9-5-6-11(16-14(19)10(2)15)12(7-9)20-8-13(18)17(3)4;/h5-7,10H,8,15H2,1-4H3,(H,16,19);1H/t10-;/m0./s1. The Kier molecular flexibility index (Phi) is 7.76. The monoisotopic (exact) mass is 315 g/mol. The molecule has 0 saturated heterocycles. The van der Waals surface area contributed by atoms with Crippen LogP contribution in [-0.2, 0) is 9.59 Å². The van der Waals surface area contributed by atoms with Crippen molar-refractivity contribution in [2.24, 2.45) is 5.73 Å². The first kappa shape index (κ1) is 19.2. The summed E-state index contributed by atoms with van der Waals surface area (Å²) in [4.78, 5) is 24.6. The summed E-state index contributed by atoms with van der Waals surface area (Å²) in [6, 6.07) is 4.72. The van der Waals surface area contributed by atoms with Crippen LogP contribution in [0.1, 0.15) is 12.5 Å². The highest BCUT2D eigenvalue weighted by Crippen LogP contribution is 2.25. The molecule has 6 nitrogen and oxygen atoms in total. The van der Waals surface area contributed by atoms with Crippen LogP contribution in [0.2, 0.25) is 0 Å². The summed E-state index contributed by atoms with van der Waals surface area (Å²) in [5, 5.41) is 2.68. The van der Waals surface area contributed by atoms with Crippen molar-refractivity contribution in [3.63, 3.8) is 0 Å². The minimum absolute atomic E-state index is 0. The molecule has 3 N–H and O–H groups in total. The fourth-order valence-electron chi connectivity index (χ4n) is 1.37. The van der Waals surface area contributed by atoms with Crippen molar-refractivity contribution in [1.29, 1.82) is 0 Å². The number of nitrogens with zero attached hydrogens (tertiary/aromatic N) is 1. The maximum absolute atomic E-state index is 11.6. The van der Waals surface area contributed by atoms with E-state index in [0.29, 0.717) is 11.4 Å². The van der Waals surface area contributed by atoms with Crippen LogP contribution in [0.15, 0.2) is 18.2 Å². The number of amides is 2. The summed E-state index contributed by atoms with van der Waals surface area (Å²) >= 11 is 0. The molecule has 2 amide bonds. The summed E-state index contributed by atoms with van der Waals surface area (Å²) in [6.45, 7) is 3.41. The van der Waals surface area contributed by atoms with Gasteiger partial charge in [-0.05, 0) is 31.5 Å². The molecule has 0 spiro atoms. The molecular formula is C14H22ClN3O3. The van der Waals surface area contributed by atoms with Gasteiger partial charge in [-0.3, -0.25) is 9.59 Å². The zero-order chi connectivity index (χ0) is 15.3. The van der Waals surface area contributed by atoms with Crippen LogP contribution in [0, 0.1) is 6.92 Å². The van der Waals surface area contributed by atoms with Gasteiger partial charge in [-0.1, -0.05) is 6.07 Å². The Morgan fingerprint density at radius 3 is 2.52 bits per heavy atom. The van der Waals surface area contributed by atoms with Crippen molar-refractivity contribution in [2.45, 2.75) is 19.9 Å². The minimum Gasteiger partial charge on any atom is -0.482 e. The highest BCUT2D eigenvalue weighted by Gasteiger charge is 2.13. The van der Waals surface area contributed by atoms with Gasteiger partial charge in [-0.25, -0.2) is 0 Å². The van der Waals surface area contributed by atoms with E-state index in [9.17, 15) is 9.59 Å². The third kappa shape index (κ3) is 6.01. The average molecular weight is 316 g/mol. The highest BCUT2D eigenvalue weighted by molar-refractivity contribution is 5.95. The predicted octanol–water partition coefficient (Wildman–Crippen LogP) is 1.17. The Bertz CT molecular complexity index is 504. The summed E-state index contributed by atoms with van der Waals surface area (Å²) in [5.74, 6) is -0.0113. The molecule has 0 fully saturated rings. The Morgan fingerprint density at radius 1 is 1.38 bits per heavy atom. The fourth-order valence-corrected chi connectivity index (χ4v) is 1.37. The first-order valence-corrected chi connectivity index (χ1v) is 6.31. The number of nitrogens with one attached hydrogen (secondary N) is 1. The smallest absolute Gasteiger partial charge is 0.259 e. The number of likely N-dealkylation sites (N-methyl/N-ethyl adjacent to an activating group) is 1. The van der Waals surface area contributed by atoms with Crippen molar-refractivity contribution in [3.05, 3.63) is 23.8 Å². The van der Waals surface area contributed by atoms with Gasteiger partial charge in [0.15, 0.2) is 6.61 Å². The van der Waals surface area contributed by atoms with Crippen LogP contribution in [0.25, 0.3) is 0 Å². The van der Waals surface area contributed by atoms with Crippen LogP contribution in [0.3, 0.4) is 0 Å². The van der Waals surface area contributed by atoms with Crippen molar-refractivity contribution < 1.29 is 14.3 Å². The molecule has 1 aromatic carbocycles. The van der Waals surface area contributed by atoms with Gasteiger partial charge in [0, 0.05) is 14.1 Å². The van der Waals surface area contributed by atoms with E-state index in [1.807, 2.05) is 13.0 Å². The lowest BCUT2D eigenvalue weighted by molar-refractivity contribution is -0.130. The van der Waals surface area contributed by atoms with Crippen LogP contribution in [0.5, 0.6) is 5.75 Å². The molecule has 0 radical (unpaired) electrons. The molecule has 0 aliphatic rings. The molecule has 0 aliphatic carbocycles. The molecule has 0 aliphatic heterocycles. The molecule has 0 saturated carbocycles. The molecule has 1 atom stereocenters. The molecule has 21 heavy (non-hydrogen) atoms. The Balaban J connectivity index is 0.00000400. The lowest BCUT2D eigenvalue weighted by Gasteiger charge is -2.16. The summed E-state index contributed by atoms with van der Waals surface area (Å²) in [5.41, 5.74) is 6.98. The zero-order valence-corrected chi connectivity index (χ0v) is 13.5. The third-order valence-corrected chi connectivity index (χ3v) is 2.66. The molecule has 118 valence electrons. The topological polar surface area (TPSA) is 84.7 Å². The summed E-state index contributed by atoms with van der Waals surface area (Å²) in [7, 11) is 3.31.